The second-order valence-electron chi connectivity index (χ2n) is 5.70. The minimum atomic E-state index is -0.285. The zero-order valence-electron chi connectivity index (χ0n) is 13.9. The van der Waals surface area contributed by atoms with E-state index in [1.165, 1.54) is 18.0 Å². The van der Waals surface area contributed by atoms with Crippen LogP contribution in [0.25, 0.3) is 0 Å². The lowest BCUT2D eigenvalue weighted by molar-refractivity contribution is 0.102. The predicted molar refractivity (Wildman–Crippen MR) is 101 cm³/mol. The van der Waals surface area contributed by atoms with Gasteiger partial charge in [-0.05, 0) is 43.7 Å². The van der Waals surface area contributed by atoms with E-state index in [1.54, 1.807) is 12.1 Å². The SMILES string of the molecule is Cc1ccc(Nc2ncc(C(=O)Nc3cc(Cl)ccc3C)cn2)cc1. The summed E-state index contributed by atoms with van der Waals surface area (Å²) in [6, 6.07) is 13.2. The average Bonchev–Trinajstić information content (AvgIpc) is 2.61. The molecule has 0 spiro atoms. The molecule has 0 aliphatic rings. The fourth-order valence-electron chi connectivity index (χ4n) is 2.20. The van der Waals surface area contributed by atoms with E-state index in [2.05, 4.69) is 20.6 Å². The summed E-state index contributed by atoms with van der Waals surface area (Å²) in [7, 11) is 0. The number of halogens is 1. The number of carbonyl (C=O) groups excluding carboxylic acids is 1. The van der Waals surface area contributed by atoms with E-state index in [0.717, 1.165) is 11.3 Å². The van der Waals surface area contributed by atoms with E-state index < -0.39 is 0 Å². The van der Waals surface area contributed by atoms with Crippen molar-refractivity contribution in [3.8, 4) is 0 Å². The van der Waals surface area contributed by atoms with Crippen LogP contribution < -0.4 is 10.6 Å². The third-order valence-corrected chi connectivity index (χ3v) is 3.90. The van der Waals surface area contributed by atoms with Gasteiger partial charge in [0.2, 0.25) is 5.95 Å². The molecule has 5 nitrogen and oxygen atoms in total. The molecule has 2 aromatic carbocycles. The Morgan fingerprint density at radius 2 is 1.68 bits per heavy atom. The summed E-state index contributed by atoms with van der Waals surface area (Å²) in [4.78, 5) is 20.7. The molecule has 0 aliphatic heterocycles. The molecule has 0 radical (unpaired) electrons. The molecule has 0 saturated carbocycles. The summed E-state index contributed by atoms with van der Waals surface area (Å²) >= 11 is 5.97. The lowest BCUT2D eigenvalue weighted by Crippen LogP contribution is -2.14. The summed E-state index contributed by atoms with van der Waals surface area (Å²) in [5.74, 6) is 0.145. The molecule has 0 bridgehead atoms. The van der Waals surface area contributed by atoms with Gasteiger partial charge in [0.1, 0.15) is 0 Å². The fourth-order valence-corrected chi connectivity index (χ4v) is 2.37. The van der Waals surface area contributed by atoms with E-state index in [4.69, 9.17) is 11.6 Å². The number of rotatable bonds is 4. The highest BCUT2D eigenvalue weighted by molar-refractivity contribution is 6.31. The van der Waals surface area contributed by atoms with Crippen LogP contribution in [0.2, 0.25) is 5.02 Å². The minimum Gasteiger partial charge on any atom is -0.324 e. The third-order valence-electron chi connectivity index (χ3n) is 3.67. The third kappa shape index (κ3) is 4.33. The highest BCUT2D eigenvalue weighted by atomic mass is 35.5. The van der Waals surface area contributed by atoms with Gasteiger partial charge in [-0.1, -0.05) is 35.4 Å². The maximum atomic E-state index is 12.3. The molecule has 0 aliphatic carbocycles. The fraction of sp³-hybridized carbons (Fsp3) is 0.105. The quantitative estimate of drug-likeness (QED) is 0.711. The Morgan fingerprint density at radius 3 is 2.36 bits per heavy atom. The van der Waals surface area contributed by atoms with E-state index in [-0.39, 0.29) is 5.91 Å². The molecule has 0 atom stereocenters. The highest BCUT2D eigenvalue weighted by Crippen LogP contribution is 2.21. The van der Waals surface area contributed by atoms with Crippen LogP contribution in [0.4, 0.5) is 17.3 Å². The van der Waals surface area contributed by atoms with Crippen molar-refractivity contribution in [3.05, 3.63) is 76.6 Å². The van der Waals surface area contributed by atoms with Crippen LogP contribution in [0.15, 0.2) is 54.9 Å². The molecular formula is C19H17ClN4O. The molecule has 2 N–H and O–H groups in total. The van der Waals surface area contributed by atoms with Gasteiger partial charge in [-0.2, -0.15) is 0 Å². The number of nitrogens with one attached hydrogen (secondary N) is 2. The molecule has 1 heterocycles. The van der Waals surface area contributed by atoms with Crippen molar-refractivity contribution in [2.24, 2.45) is 0 Å². The molecule has 1 aromatic heterocycles. The molecule has 1 amide bonds. The van der Waals surface area contributed by atoms with Crippen LogP contribution in [-0.2, 0) is 0 Å². The predicted octanol–water partition coefficient (Wildman–Crippen LogP) is 4.74. The first-order valence-corrected chi connectivity index (χ1v) is 8.12. The largest absolute Gasteiger partial charge is 0.324 e. The lowest BCUT2D eigenvalue weighted by atomic mass is 10.2. The van der Waals surface area contributed by atoms with Gasteiger partial charge in [0.05, 0.1) is 5.56 Å². The Labute approximate surface area is 151 Å². The van der Waals surface area contributed by atoms with Gasteiger partial charge in [0, 0.05) is 28.8 Å². The van der Waals surface area contributed by atoms with Crippen molar-refractivity contribution in [2.75, 3.05) is 10.6 Å². The second-order valence-corrected chi connectivity index (χ2v) is 6.14. The number of aromatic nitrogens is 2. The van der Waals surface area contributed by atoms with Gasteiger partial charge in [-0.15, -0.1) is 0 Å². The van der Waals surface area contributed by atoms with Crippen molar-refractivity contribution in [1.82, 2.24) is 9.97 Å². The Bertz CT molecular complexity index is 892. The first kappa shape index (κ1) is 16.9. The number of hydrogen-bond donors (Lipinski definition) is 2. The number of carbonyl (C=O) groups is 1. The number of aryl methyl sites for hydroxylation is 2. The van der Waals surface area contributed by atoms with Gasteiger partial charge in [0.25, 0.3) is 5.91 Å². The van der Waals surface area contributed by atoms with Gasteiger partial charge >= 0.3 is 0 Å². The molecule has 3 aromatic rings. The lowest BCUT2D eigenvalue weighted by Gasteiger charge is -2.09. The van der Waals surface area contributed by atoms with Crippen LogP contribution in [-0.4, -0.2) is 15.9 Å². The Balaban J connectivity index is 1.70. The first-order chi connectivity index (χ1) is 12.0. The van der Waals surface area contributed by atoms with Crippen molar-refractivity contribution in [3.63, 3.8) is 0 Å². The zero-order valence-corrected chi connectivity index (χ0v) is 14.6. The molecule has 3 rings (SSSR count). The zero-order chi connectivity index (χ0) is 17.8. The van der Waals surface area contributed by atoms with Crippen LogP contribution >= 0.6 is 11.6 Å². The molecule has 126 valence electrons. The molecule has 0 fully saturated rings. The number of hydrogen-bond acceptors (Lipinski definition) is 4. The minimum absolute atomic E-state index is 0.285. The Kier molecular flexibility index (Phi) is 4.95. The average molecular weight is 353 g/mol. The molecule has 6 heteroatoms. The number of benzene rings is 2. The smallest absolute Gasteiger partial charge is 0.258 e. The summed E-state index contributed by atoms with van der Waals surface area (Å²) in [5.41, 5.74) is 4.02. The highest BCUT2D eigenvalue weighted by Gasteiger charge is 2.10. The van der Waals surface area contributed by atoms with Crippen LogP contribution in [0.1, 0.15) is 21.5 Å². The van der Waals surface area contributed by atoms with E-state index >= 15 is 0 Å². The summed E-state index contributed by atoms with van der Waals surface area (Å²) < 4.78 is 0. The van der Waals surface area contributed by atoms with E-state index in [9.17, 15) is 4.79 Å². The standard InChI is InChI=1S/C19H17ClN4O/c1-12-3-7-16(8-4-12)23-19-21-10-14(11-22-19)18(25)24-17-9-15(20)6-5-13(17)2/h3-11H,1-2H3,(H,24,25)(H,21,22,23). The van der Waals surface area contributed by atoms with Crippen molar-refractivity contribution in [2.45, 2.75) is 13.8 Å². The van der Waals surface area contributed by atoms with Crippen molar-refractivity contribution >= 4 is 34.8 Å². The second kappa shape index (κ2) is 7.32. The van der Waals surface area contributed by atoms with Crippen molar-refractivity contribution in [1.29, 1.82) is 0 Å². The van der Waals surface area contributed by atoms with Gasteiger partial charge < -0.3 is 10.6 Å². The van der Waals surface area contributed by atoms with Crippen LogP contribution in [0, 0.1) is 13.8 Å². The van der Waals surface area contributed by atoms with E-state index in [0.29, 0.717) is 22.2 Å². The number of nitrogens with zero attached hydrogens (tertiary/aromatic N) is 2. The van der Waals surface area contributed by atoms with Crippen molar-refractivity contribution < 1.29 is 4.79 Å². The molecule has 0 unspecified atom stereocenters. The summed E-state index contributed by atoms with van der Waals surface area (Å²) in [6.07, 6.45) is 2.97. The van der Waals surface area contributed by atoms with Crippen LogP contribution in [0.5, 0.6) is 0 Å². The number of amides is 1. The Hall–Kier alpha value is -2.92. The molecule has 0 saturated heterocycles. The van der Waals surface area contributed by atoms with E-state index in [1.807, 2.05) is 44.2 Å². The summed E-state index contributed by atoms with van der Waals surface area (Å²) in [6.45, 7) is 3.92. The molecule has 25 heavy (non-hydrogen) atoms. The number of anilines is 3. The first-order valence-electron chi connectivity index (χ1n) is 7.74. The monoisotopic (exact) mass is 352 g/mol. The maximum Gasteiger partial charge on any atom is 0.258 e. The normalized spacial score (nSPS) is 10.4. The van der Waals surface area contributed by atoms with Crippen LogP contribution in [0.3, 0.4) is 0 Å². The topological polar surface area (TPSA) is 66.9 Å². The van der Waals surface area contributed by atoms with Gasteiger partial charge in [-0.25, -0.2) is 9.97 Å². The van der Waals surface area contributed by atoms with Gasteiger partial charge in [-0.3, -0.25) is 4.79 Å². The maximum absolute atomic E-state index is 12.3. The Morgan fingerprint density at radius 1 is 1.00 bits per heavy atom. The molecular weight excluding hydrogens is 336 g/mol. The van der Waals surface area contributed by atoms with Gasteiger partial charge in [0.15, 0.2) is 0 Å². The summed E-state index contributed by atoms with van der Waals surface area (Å²) in [5, 5.41) is 6.48.